The van der Waals surface area contributed by atoms with Crippen molar-refractivity contribution in [3.05, 3.63) is 59.7 Å². The van der Waals surface area contributed by atoms with Crippen LogP contribution in [0.2, 0.25) is 0 Å². The van der Waals surface area contributed by atoms with Gasteiger partial charge < -0.3 is 29.9 Å². The molecule has 0 amide bonds. The highest BCUT2D eigenvalue weighted by Crippen LogP contribution is 2.53. The fourth-order valence-corrected chi connectivity index (χ4v) is 6.84. The van der Waals surface area contributed by atoms with E-state index in [1.165, 1.54) is 0 Å². The molecule has 0 aromatic heterocycles. The van der Waals surface area contributed by atoms with Gasteiger partial charge in [0, 0.05) is 6.42 Å². The van der Waals surface area contributed by atoms with Crippen LogP contribution in [0.4, 0.5) is 0 Å². The Bertz CT molecular complexity index is 1290. The molecule has 0 aliphatic carbocycles. The minimum Gasteiger partial charge on any atom is -0.494 e. The van der Waals surface area contributed by atoms with Gasteiger partial charge in [-0.1, -0.05) is 30.3 Å². The fourth-order valence-electron chi connectivity index (χ4n) is 5.01. The lowest BCUT2D eigenvalue weighted by molar-refractivity contribution is -0.244. The molecule has 1 fully saturated rings. The van der Waals surface area contributed by atoms with E-state index in [2.05, 4.69) is 0 Å². The maximum absolute atomic E-state index is 13.0. The van der Waals surface area contributed by atoms with Gasteiger partial charge in [-0.25, -0.2) is 0 Å². The smallest absolute Gasteiger partial charge is 0.208 e. The molecule has 0 bridgehead atoms. The summed E-state index contributed by atoms with van der Waals surface area (Å²) in [6.45, 7) is 5.86. The first-order valence-electron chi connectivity index (χ1n) is 12.7. The molecule has 0 spiro atoms. The molecule has 11 heteroatoms. The Morgan fingerprint density at radius 3 is 1.95 bits per heavy atom. The quantitative estimate of drug-likeness (QED) is 0.306. The zero-order chi connectivity index (χ0) is 30.0. The Labute approximate surface area is 236 Å². The van der Waals surface area contributed by atoms with Crippen LogP contribution in [0.25, 0.3) is 0 Å². The van der Waals surface area contributed by atoms with E-state index in [0.717, 1.165) is 33.3 Å². The van der Waals surface area contributed by atoms with Gasteiger partial charge in [0.1, 0.15) is 17.6 Å². The van der Waals surface area contributed by atoms with Crippen LogP contribution in [0.3, 0.4) is 0 Å². The number of aliphatic hydroxyl groups is 4. The van der Waals surface area contributed by atoms with Crippen LogP contribution in [-0.4, -0.2) is 83.8 Å². The van der Waals surface area contributed by atoms with E-state index < -0.39 is 56.7 Å². The average molecular weight is 575 g/mol. The highest BCUT2D eigenvalue weighted by molar-refractivity contribution is 8.00. The largest absolute Gasteiger partial charge is 0.494 e. The lowest BCUT2D eigenvalue weighted by atomic mass is 9.62. The van der Waals surface area contributed by atoms with Gasteiger partial charge >= 0.3 is 0 Å². The van der Waals surface area contributed by atoms with Crippen LogP contribution in [0.1, 0.15) is 45.7 Å². The molecule has 1 heterocycles. The monoisotopic (exact) mass is 574 g/mol. The number of para-hydroxylation sites is 1. The van der Waals surface area contributed by atoms with E-state index in [1.807, 2.05) is 19.1 Å². The number of carbonyl (C=O) groups is 4. The van der Waals surface area contributed by atoms with E-state index >= 15 is 0 Å². The molecule has 216 valence electrons. The van der Waals surface area contributed by atoms with Crippen LogP contribution >= 0.6 is 11.8 Å². The van der Waals surface area contributed by atoms with Crippen LogP contribution in [0, 0.1) is 0 Å². The molecule has 1 aliphatic rings. The van der Waals surface area contributed by atoms with Crippen molar-refractivity contribution in [3.8, 4) is 11.5 Å². The molecule has 0 saturated carbocycles. The summed E-state index contributed by atoms with van der Waals surface area (Å²) in [5, 5.41) is 43.9. The summed E-state index contributed by atoms with van der Waals surface area (Å²) in [6, 6.07) is 14.0. The second-order valence-corrected chi connectivity index (χ2v) is 11.0. The maximum atomic E-state index is 13.0. The molecule has 1 saturated heterocycles. The molecular formula is C29H34O10S. The van der Waals surface area contributed by atoms with Gasteiger partial charge in [0.2, 0.25) is 5.60 Å². The summed E-state index contributed by atoms with van der Waals surface area (Å²) in [5.41, 5.74) is -10.2. The highest BCUT2D eigenvalue weighted by atomic mass is 32.2. The number of ketones is 4. The second-order valence-electron chi connectivity index (χ2n) is 9.84. The van der Waals surface area contributed by atoms with Crippen molar-refractivity contribution in [2.75, 3.05) is 6.61 Å². The van der Waals surface area contributed by atoms with Crippen molar-refractivity contribution >= 4 is 34.9 Å². The SMILES string of the molecule is CCOc1ccc(Cc2ccccc2O[C@H]2S[C@@H](C(O)C(C)=O)[C@](O)(C(C)=O)[C@@](O)(C(C)=O)[C@]2(O)C(C)=O)cc1. The third-order valence-electron chi connectivity index (χ3n) is 7.25. The zero-order valence-electron chi connectivity index (χ0n) is 22.9. The summed E-state index contributed by atoms with van der Waals surface area (Å²) in [4.78, 5) is 51.0. The van der Waals surface area contributed by atoms with E-state index in [4.69, 9.17) is 9.47 Å². The van der Waals surface area contributed by atoms with Crippen molar-refractivity contribution in [1.82, 2.24) is 0 Å². The standard InChI is InChI=1S/C29H34O10S/c1-6-38-22-13-11-20(12-14-22)15-21-9-7-8-10-23(21)39-26-28(36,18(4)32)29(37,19(5)33)27(35,17(3)31)25(40-26)24(34)16(2)30/h7-14,24-26,34-37H,6,15H2,1-5H3/t24?,25-,26-,27+,28-,29-/m0/s1. The van der Waals surface area contributed by atoms with Gasteiger partial charge in [-0.3, -0.25) is 19.2 Å². The van der Waals surface area contributed by atoms with E-state index in [1.54, 1.807) is 36.4 Å². The average Bonchev–Trinajstić information content (AvgIpc) is 2.90. The molecule has 1 aliphatic heterocycles. The predicted octanol–water partition coefficient (Wildman–Crippen LogP) is 1.41. The second kappa shape index (κ2) is 11.8. The minimum atomic E-state index is -3.47. The number of benzene rings is 2. The first-order chi connectivity index (χ1) is 18.7. The molecule has 2 aromatic carbocycles. The summed E-state index contributed by atoms with van der Waals surface area (Å²) in [6.07, 6.45) is -1.72. The Kier molecular flexibility index (Phi) is 9.27. The van der Waals surface area contributed by atoms with E-state index in [9.17, 15) is 39.6 Å². The normalized spacial score (nSPS) is 28.8. The summed E-state index contributed by atoms with van der Waals surface area (Å²) >= 11 is 0.412. The van der Waals surface area contributed by atoms with Gasteiger partial charge in [-0.05, 0) is 63.9 Å². The van der Waals surface area contributed by atoms with E-state index in [-0.39, 0.29) is 5.75 Å². The Morgan fingerprint density at radius 2 is 1.45 bits per heavy atom. The predicted molar refractivity (Wildman–Crippen MR) is 146 cm³/mol. The van der Waals surface area contributed by atoms with Gasteiger partial charge in [0.05, 0.1) is 11.9 Å². The number of hydrogen-bond acceptors (Lipinski definition) is 11. The van der Waals surface area contributed by atoms with Crippen molar-refractivity contribution < 1.29 is 49.1 Å². The van der Waals surface area contributed by atoms with Crippen molar-refractivity contribution in [3.63, 3.8) is 0 Å². The fraction of sp³-hybridized carbons (Fsp3) is 0.448. The highest BCUT2D eigenvalue weighted by Gasteiger charge is 2.79. The van der Waals surface area contributed by atoms with Crippen molar-refractivity contribution in [2.45, 2.75) is 74.6 Å². The lowest BCUT2D eigenvalue weighted by Gasteiger charge is -2.57. The first-order valence-corrected chi connectivity index (χ1v) is 13.6. The van der Waals surface area contributed by atoms with Crippen LogP contribution in [-0.2, 0) is 25.6 Å². The summed E-state index contributed by atoms with van der Waals surface area (Å²) in [7, 11) is 0. The van der Waals surface area contributed by atoms with Crippen LogP contribution in [0.15, 0.2) is 48.5 Å². The molecular weight excluding hydrogens is 540 g/mol. The molecule has 4 N–H and O–H groups in total. The van der Waals surface area contributed by atoms with Crippen molar-refractivity contribution in [2.24, 2.45) is 0 Å². The van der Waals surface area contributed by atoms with Gasteiger partial charge in [-0.2, -0.15) is 0 Å². The number of rotatable bonds is 11. The molecule has 3 rings (SSSR count). The topological polar surface area (TPSA) is 168 Å². The lowest BCUT2D eigenvalue weighted by Crippen LogP contribution is -2.85. The Hall–Kier alpha value is -3.09. The Balaban J connectivity index is 2.14. The van der Waals surface area contributed by atoms with Gasteiger partial charge in [0.15, 0.2) is 39.8 Å². The first kappa shape index (κ1) is 31.4. The Morgan fingerprint density at radius 1 is 0.875 bits per heavy atom. The van der Waals surface area contributed by atoms with Gasteiger partial charge in [-0.15, -0.1) is 11.8 Å². The van der Waals surface area contributed by atoms with Crippen molar-refractivity contribution in [1.29, 1.82) is 0 Å². The van der Waals surface area contributed by atoms with E-state index in [0.29, 0.717) is 36.1 Å². The maximum Gasteiger partial charge on any atom is 0.208 e. The summed E-state index contributed by atoms with van der Waals surface area (Å²) in [5.74, 6) is -3.79. The summed E-state index contributed by atoms with van der Waals surface area (Å²) < 4.78 is 11.6. The molecule has 2 aromatic rings. The number of hydrogen-bond donors (Lipinski definition) is 4. The number of aliphatic hydroxyl groups excluding tert-OH is 1. The zero-order valence-corrected chi connectivity index (χ0v) is 23.7. The third kappa shape index (κ3) is 5.08. The van der Waals surface area contributed by atoms with Gasteiger partial charge in [0.25, 0.3) is 0 Å². The minimum absolute atomic E-state index is 0.156. The number of thioether (sulfide) groups is 1. The number of carbonyl (C=O) groups excluding carboxylic acids is 4. The number of Topliss-reactive ketones (excluding diaryl/α,β-unsaturated/α-hetero) is 4. The molecule has 0 radical (unpaired) electrons. The molecule has 40 heavy (non-hydrogen) atoms. The van der Waals surface area contributed by atoms with Crippen LogP contribution in [0.5, 0.6) is 11.5 Å². The molecule has 10 nitrogen and oxygen atoms in total. The van der Waals surface area contributed by atoms with Crippen LogP contribution < -0.4 is 9.47 Å². The molecule has 6 atom stereocenters. The third-order valence-corrected chi connectivity index (χ3v) is 8.82. The number of ether oxygens (including phenoxy) is 2. The molecule has 1 unspecified atom stereocenters.